The number of hydrogen-bond acceptors (Lipinski definition) is 18. The number of carbonyl (C=O) groups is 13. The van der Waals surface area contributed by atoms with Crippen molar-refractivity contribution in [3.8, 4) is 0 Å². The zero-order valence-corrected chi connectivity index (χ0v) is 42.2. The van der Waals surface area contributed by atoms with Gasteiger partial charge in [-0.05, 0) is 51.5 Å². The number of fused-ring (bicyclic) bond motifs is 1. The molecular weight excluding hydrogens is 1030 g/mol. The average Bonchev–Trinajstić information content (AvgIpc) is 3.82. The maximum Gasteiger partial charge on any atom is 0.327 e. The molecule has 8 atom stereocenters. The number of guanidine groups is 1. The normalized spacial score (nSPS) is 24.1. The summed E-state index contributed by atoms with van der Waals surface area (Å²) >= 11 is 4.08. The summed E-state index contributed by atoms with van der Waals surface area (Å²) in [6, 6.07) is -12.5. The van der Waals surface area contributed by atoms with Crippen molar-refractivity contribution in [1.82, 2.24) is 52.8 Å². The van der Waals surface area contributed by atoms with Crippen LogP contribution in [0, 0.1) is 0 Å². The average molecular weight is 1090 g/mol. The summed E-state index contributed by atoms with van der Waals surface area (Å²) in [6.07, 6.45) is -1.34. The van der Waals surface area contributed by atoms with Crippen molar-refractivity contribution in [2.45, 2.75) is 113 Å². The molecule has 2 fully saturated rings. The summed E-state index contributed by atoms with van der Waals surface area (Å²) in [6.45, 7) is -0.380. The van der Waals surface area contributed by atoms with E-state index < -0.39 is 157 Å². The van der Waals surface area contributed by atoms with Crippen LogP contribution in [0.2, 0.25) is 0 Å². The van der Waals surface area contributed by atoms with Crippen molar-refractivity contribution < 1.29 is 77.6 Å². The lowest BCUT2D eigenvalue weighted by Crippen LogP contribution is -2.58. The van der Waals surface area contributed by atoms with E-state index in [0.717, 1.165) is 33.4 Å². The first-order valence-electron chi connectivity index (χ1n) is 22.7. The quantitative estimate of drug-likeness (QED) is 0.0212. The molecule has 0 bridgehead atoms. The van der Waals surface area contributed by atoms with E-state index >= 15 is 0 Å². The molecule has 2 heterocycles. The van der Waals surface area contributed by atoms with E-state index in [2.05, 4.69) is 65.5 Å². The summed E-state index contributed by atoms with van der Waals surface area (Å²) in [5.41, 5.74) is 16.4. The lowest BCUT2D eigenvalue weighted by molar-refractivity contribution is -0.144. The molecule has 2 aliphatic heterocycles. The number of unbranched alkanes of at least 4 members (excludes halogenated alkanes) is 1. The zero-order valence-electron chi connectivity index (χ0n) is 39.7. The van der Waals surface area contributed by atoms with Crippen molar-refractivity contribution in [3.63, 3.8) is 0 Å². The fourth-order valence-electron chi connectivity index (χ4n) is 6.95. The summed E-state index contributed by atoms with van der Waals surface area (Å²) in [7, 11) is 1.57. The van der Waals surface area contributed by atoms with Crippen molar-refractivity contribution in [2.24, 2.45) is 22.2 Å². The molecule has 18 N–H and O–H groups in total. The van der Waals surface area contributed by atoms with Gasteiger partial charge in [0.05, 0.1) is 25.9 Å². The van der Waals surface area contributed by atoms with Gasteiger partial charge >= 0.3 is 17.9 Å². The summed E-state index contributed by atoms with van der Waals surface area (Å²) in [4.78, 5) is 175. The van der Waals surface area contributed by atoms with Gasteiger partial charge in [0, 0.05) is 37.3 Å². The Morgan fingerprint density at radius 3 is 1.88 bits per heavy atom. The number of thiol groups is 1. The molecule has 0 spiro atoms. The largest absolute Gasteiger partial charge is 0.481 e. The number of carbonyl (C=O) groups excluding carboxylic acids is 10. The summed E-state index contributed by atoms with van der Waals surface area (Å²) in [5, 5.41) is 50.2. The van der Waals surface area contributed by atoms with E-state index in [0.29, 0.717) is 6.42 Å². The van der Waals surface area contributed by atoms with Crippen LogP contribution in [0.5, 0.6) is 0 Å². The molecule has 2 rings (SSSR count). The van der Waals surface area contributed by atoms with Crippen LogP contribution in [-0.2, 0) is 62.3 Å². The molecule has 10 amide bonds. The number of carboxylic acid groups (broad SMARTS) is 3. The Bertz CT molecular complexity index is 2070. The van der Waals surface area contributed by atoms with E-state index in [1.807, 2.05) is 0 Å². The maximum absolute atomic E-state index is 14.0. The molecule has 0 aromatic heterocycles. The number of amides is 10. The lowest BCUT2D eigenvalue weighted by Gasteiger charge is -2.27. The molecule has 0 aromatic rings. The van der Waals surface area contributed by atoms with Gasteiger partial charge in [0.25, 0.3) is 0 Å². The van der Waals surface area contributed by atoms with Gasteiger partial charge in [-0.2, -0.15) is 12.6 Å². The molecular formula is C40H64N14O16S3. The van der Waals surface area contributed by atoms with Crippen LogP contribution < -0.4 is 65.1 Å². The third-order valence-electron chi connectivity index (χ3n) is 10.6. The SMILES string of the molecule is CC(=O)N[C@H](CS)C(=O)NC1CSSC[C@H](C(=O)O)NC(=O)[C@@H](CC(=O)O)NC(=O)[C@@H]2CCCN2C(=O)CNC(=O)[C@H](CCCCN)NC(=O)[C@@H](CC(=O)O)NC(=O)CNC(=O)[C@H](CCCN=C(N)N)NC1=O. The Labute approximate surface area is 431 Å². The van der Waals surface area contributed by atoms with Crippen LogP contribution in [0.4, 0.5) is 0 Å². The van der Waals surface area contributed by atoms with Gasteiger partial charge in [-0.25, -0.2) is 4.79 Å². The van der Waals surface area contributed by atoms with Gasteiger partial charge in [-0.1, -0.05) is 21.6 Å². The first kappa shape index (κ1) is 62.5. The smallest absolute Gasteiger partial charge is 0.327 e. The second kappa shape index (κ2) is 32.5. The van der Waals surface area contributed by atoms with Crippen molar-refractivity contribution >= 4 is 117 Å². The Kier molecular flexibility index (Phi) is 27.8. The minimum Gasteiger partial charge on any atom is -0.481 e. The molecule has 2 aliphatic rings. The van der Waals surface area contributed by atoms with Crippen LogP contribution in [0.3, 0.4) is 0 Å². The monoisotopic (exact) mass is 1090 g/mol. The minimum atomic E-state index is -1.86. The standard InChI is InChI=1S/C40H64N14O16S3/c1-19(55)47-24(16-71)36(66)52-25-17-72-73-18-26(39(69)70)53-35(65)23(13-31(60)61)51-38(68)27-8-5-11-54(27)29(57)15-46-33(63)20(6-2-3-9-41)49-34(64)22(12-30(58)59)48-28(56)14-45-32(62)21(50-37(25)67)7-4-10-44-40(42)43/h20-27,71H,2-18,41H2,1H3,(H,45,62)(H,46,63)(H,47,55)(H,48,56)(H,49,64)(H,50,67)(H,51,68)(H,52,66)(H,53,65)(H,58,59)(H,60,61)(H,69,70)(H4,42,43,44)/t20-,21-,22+,23+,24+,25?,26+,27-/m0/s1. The molecule has 33 heteroatoms. The Balaban J connectivity index is 2.63. The number of nitrogens with zero attached hydrogens (tertiary/aromatic N) is 2. The molecule has 0 aromatic carbocycles. The van der Waals surface area contributed by atoms with Crippen LogP contribution in [-0.4, -0.2) is 201 Å². The predicted molar refractivity (Wildman–Crippen MR) is 264 cm³/mol. The van der Waals surface area contributed by atoms with Crippen LogP contribution in [0.15, 0.2) is 4.99 Å². The third kappa shape index (κ3) is 23.2. The van der Waals surface area contributed by atoms with Crippen molar-refractivity contribution in [1.29, 1.82) is 0 Å². The highest BCUT2D eigenvalue weighted by atomic mass is 33.1. The van der Waals surface area contributed by atoms with Gasteiger partial charge in [0.15, 0.2) is 5.96 Å². The number of nitrogens with two attached hydrogens (primary N) is 3. The number of nitrogens with one attached hydrogen (secondary N) is 9. The molecule has 73 heavy (non-hydrogen) atoms. The lowest BCUT2D eigenvalue weighted by atomic mass is 10.1. The third-order valence-corrected chi connectivity index (χ3v) is 13.4. The molecule has 2 saturated heterocycles. The summed E-state index contributed by atoms with van der Waals surface area (Å²) in [5.74, 6) is -15.8. The van der Waals surface area contributed by atoms with Crippen LogP contribution in [0.1, 0.15) is 64.7 Å². The van der Waals surface area contributed by atoms with Gasteiger partial charge < -0.3 is 85.3 Å². The second-order valence-corrected chi connectivity index (χ2v) is 19.3. The van der Waals surface area contributed by atoms with Gasteiger partial charge in [-0.15, -0.1) is 0 Å². The zero-order chi connectivity index (χ0) is 54.8. The Morgan fingerprint density at radius 1 is 0.740 bits per heavy atom. The van der Waals surface area contributed by atoms with E-state index in [-0.39, 0.29) is 75.6 Å². The van der Waals surface area contributed by atoms with E-state index in [1.165, 1.54) is 0 Å². The topological polar surface area (TPSA) is 485 Å². The molecule has 0 radical (unpaired) electrons. The van der Waals surface area contributed by atoms with E-state index in [4.69, 9.17) is 17.2 Å². The Morgan fingerprint density at radius 2 is 1.30 bits per heavy atom. The molecule has 30 nitrogen and oxygen atoms in total. The summed E-state index contributed by atoms with van der Waals surface area (Å²) < 4.78 is 0. The fourth-order valence-corrected chi connectivity index (χ4v) is 9.53. The number of aliphatic carboxylic acids is 3. The molecule has 1 unspecified atom stereocenters. The van der Waals surface area contributed by atoms with Crippen LogP contribution in [0.25, 0.3) is 0 Å². The Hall–Kier alpha value is -6.61. The highest BCUT2D eigenvalue weighted by molar-refractivity contribution is 8.76. The minimum absolute atomic E-state index is 0.0103. The molecule has 0 saturated carbocycles. The number of rotatable bonds is 17. The highest BCUT2D eigenvalue weighted by Gasteiger charge is 2.38. The van der Waals surface area contributed by atoms with Crippen LogP contribution >= 0.6 is 34.2 Å². The predicted octanol–water partition coefficient (Wildman–Crippen LogP) is -6.84. The van der Waals surface area contributed by atoms with Gasteiger partial charge in [0.1, 0.15) is 48.3 Å². The van der Waals surface area contributed by atoms with E-state index in [9.17, 15) is 77.6 Å². The van der Waals surface area contributed by atoms with Gasteiger partial charge in [-0.3, -0.25) is 62.5 Å². The molecule has 0 aliphatic carbocycles. The first-order valence-corrected chi connectivity index (χ1v) is 25.8. The second-order valence-electron chi connectivity index (χ2n) is 16.4. The van der Waals surface area contributed by atoms with Gasteiger partial charge in [0.2, 0.25) is 59.1 Å². The number of aliphatic imine (C=N–C) groups is 1. The fraction of sp³-hybridized carbons (Fsp3) is 0.650. The van der Waals surface area contributed by atoms with E-state index in [1.54, 1.807) is 0 Å². The maximum atomic E-state index is 14.0. The van der Waals surface area contributed by atoms with Crippen molar-refractivity contribution in [3.05, 3.63) is 0 Å². The first-order chi connectivity index (χ1) is 34.5. The number of carboxylic acids is 3. The molecule has 408 valence electrons. The van der Waals surface area contributed by atoms with Crippen molar-refractivity contribution in [2.75, 3.05) is 50.0 Å². The highest BCUT2D eigenvalue weighted by Crippen LogP contribution is 2.24. The number of hydrogen-bond donors (Lipinski definition) is 16.